The number of aliphatic hydroxyl groups is 3. The van der Waals surface area contributed by atoms with Gasteiger partial charge in [0.05, 0.1) is 13.2 Å². The third kappa shape index (κ3) is 19.0. The maximum atomic E-state index is 10.0. The quantitative estimate of drug-likeness (QED) is 0.486. The summed E-state index contributed by atoms with van der Waals surface area (Å²) in [4.78, 5) is 10.0. The molecule has 0 aromatic carbocycles. The molecule has 0 aromatic heterocycles. The molecule has 0 aliphatic carbocycles. The smallest absolute Gasteiger partial charge is 0.303 e. The Kier molecular flexibility index (Phi) is 13.8. The fraction of sp³-hybridized carbons (Fsp3) is 0.909. The lowest BCUT2D eigenvalue weighted by molar-refractivity contribution is -0.137. The van der Waals surface area contributed by atoms with Crippen LogP contribution >= 0.6 is 0 Å². The van der Waals surface area contributed by atoms with Crippen LogP contribution in [0.2, 0.25) is 0 Å². The second kappa shape index (κ2) is 12.4. The van der Waals surface area contributed by atoms with Gasteiger partial charge in [0.25, 0.3) is 0 Å². The van der Waals surface area contributed by atoms with Crippen LogP contribution in [-0.4, -0.2) is 45.7 Å². The van der Waals surface area contributed by atoms with Gasteiger partial charge in [-0.15, -0.1) is 0 Å². The monoisotopic (exact) mass is 236 g/mol. The Bertz CT molecular complexity index is 154. The lowest BCUT2D eigenvalue weighted by atomic mass is 10.1. The number of unbranched alkanes of at least 4 members (excludes halogenated alkanes) is 1. The number of carboxylic acids is 1. The molecule has 0 bridgehead atoms. The minimum absolute atomic E-state index is 0.326. The lowest BCUT2D eigenvalue weighted by Crippen LogP contribution is -2.15. The topological polar surface area (TPSA) is 98.0 Å². The van der Waals surface area contributed by atoms with Crippen molar-refractivity contribution in [1.82, 2.24) is 0 Å². The van der Waals surface area contributed by atoms with Crippen LogP contribution in [0.4, 0.5) is 0 Å². The summed E-state index contributed by atoms with van der Waals surface area (Å²) in [6.45, 7) is 3.58. The van der Waals surface area contributed by atoms with Crippen molar-refractivity contribution in [3.05, 3.63) is 0 Å². The number of aliphatic carboxylic acids is 1. The summed E-state index contributed by atoms with van der Waals surface area (Å²) in [6, 6.07) is 0. The molecule has 98 valence electrons. The van der Waals surface area contributed by atoms with Gasteiger partial charge in [-0.1, -0.05) is 26.7 Å². The fourth-order valence-electron chi connectivity index (χ4n) is 0.887. The van der Waals surface area contributed by atoms with E-state index >= 15 is 0 Å². The molecule has 0 heterocycles. The van der Waals surface area contributed by atoms with E-state index in [0.717, 1.165) is 19.3 Å². The molecule has 0 atom stereocenters. The number of aliphatic hydroxyl groups excluding tert-OH is 3. The van der Waals surface area contributed by atoms with Crippen LogP contribution in [0.3, 0.4) is 0 Å². The van der Waals surface area contributed by atoms with Crippen LogP contribution in [0, 0.1) is 5.92 Å². The summed E-state index contributed by atoms with van der Waals surface area (Å²) in [5.74, 6) is 0.0255. The van der Waals surface area contributed by atoms with Gasteiger partial charge in [-0.05, 0) is 12.3 Å². The molecule has 16 heavy (non-hydrogen) atoms. The number of carboxylic acid groups (broad SMARTS) is 1. The molecule has 0 aromatic rings. The van der Waals surface area contributed by atoms with E-state index in [0.29, 0.717) is 12.3 Å². The van der Waals surface area contributed by atoms with Crippen molar-refractivity contribution < 1.29 is 25.2 Å². The van der Waals surface area contributed by atoms with Crippen LogP contribution in [0.5, 0.6) is 0 Å². The third-order valence-corrected chi connectivity index (χ3v) is 1.84. The van der Waals surface area contributed by atoms with Gasteiger partial charge in [-0.2, -0.15) is 0 Å². The van der Waals surface area contributed by atoms with E-state index in [1.165, 1.54) is 0 Å². The first-order chi connectivity index (χ1) is 7.43. The number of hydrogen-bond donors (Lipinski definition) is 4. The Morgan fingerprint density at radius 2 is 1.62 bits per heavy atom. The molecule has 0 radical (unpaired) electrons. The van der Waals surface area contributed by atoms with Crippen molar-refractivity contribution in [3.63, 3.8) is 0 Å². The van der Waals surface area contributed by atoms with E-state index in [4.69, 9.17) is 20.4 Å². The van der Waals surface area contributed by atoms with Gasteiger partial charge >= 0.3 is 5.97 Å². The Labute approximate surface area is 96.7 Å². The second-order valence-electron chi connectivity index (χ2n) is 4.05. The van der Waals surface area contributed by atoms with Crippen molar-refractivity contribution in [1.29, 1.82) is 0 Å². The average Bonchev–Trinajstić information content (AvgIpc) is 2.23. The first kappa shape index (κ1) is 17.7. The zero-order valence-electron chi connectivity index (χ0n) is 10.1. The first-order valence-electron chi connectivity index (χ1n) is 5.55. The zero-order chi connectivity index (χ0) is 13.0. The first-order valence-corrected chi connectivity index (χ1v) is 5.55. The van der Waals surface area contributed by atoms with Gasteiger partial charge in [-0.25, -0.2) is 0 Å². The van der Waals surface area contributed by atoms with E-state index in [2.05, 4.69) is 13.8 Å². The highest BCUT2D eigenvalue weighted by Gasteiger charge is 1.97. The van der Waals surface area contributed by atoms with Crippen molar-refractivity contribution >= 4 is 5.97 Å². The summed E-state index contributed by atoms with van der Waals surface area (Å²) in [5, 5.41) is 32.3. The highest BCUT2D eigenvalue weighted by Crippen LogP contribution is 2.07. The van der Waals surface area contributed by atoms with Gasteiger partial charge in [0.1, 0.15) is 6.10 Å². The molecule has 0 spiro atoms. The van der Waals surface area contributed by atoms with Crippen molar-refractivity contribution in [2.24, 2.45) is 5.92 Å². The average molecular weight is 236 g/mol. The molecular formula is C11H24O5. The van der Waals surface area contributed by atoms with E-state index in [9.17, 15) is 4.79 Å². The summed E-state index contributed by atoms with van der Waals surface area (Å²) in [6.07, 6.45) is 2.39. The standard InChI is InChI=1S/C8H16O2.C3H8O3/c1-7(2)5-3-4-6-8(9)10;4-1-3(6)2-5/h7H,3-6H2,1-2H3,(H,9,10);3-6H,1-2H2. The van der Waals surface area contributed by atoms with Gasteiger partial charge in [-0.3, -0.25) is 4.79 Å². The Morgan fingerprint density at radius 3 is 1.88 bits per heavy atom. The van der Waals surface area contributed by atoms with Crippen LogP contribution < -0.4 is 0 Å². The van der Waals surface area contributed by atoms with E-state index < -0.39 is 12.1 Å². The Balaban J connectivity index is 0. The van der Waals surface area contributed by atoms with Crippen molar-refractivity contribution in [2.45, 2.75) is 45.6 Å². The number of carbonyl (C=O) groups is 1. The molecule has 4 N–H and O–H groups in total. The highest BCUT2D eigenvalue weighted by molar-refractivity contribution is 5.66. The van der Waals surface area contributed by atoms with E-state index in [1.807, 2.05) is 0 Å². The molecule has 0 fully saturated rings. The minimum atomic E-state index is -0.954. The van der Waals surface area contributed by atoms with Crippen LogP contribution in [0.25, 0.3) is 0 Å². The molecule has 5 nitrogen and oxygen atoms in total. The molecular weight excluding hydrogens is 212 g/mol. The largest absolute Gasteiger partial charge is 0.481 e. The lowest BCUT2D eigenvalue weighted by Gasteiger charge is -2.01. The molecule has 0 saturated heterocycles. The molecule has 0 unspecified atom stereocenters. The third-order valence-electron chi connectivity index (χ3n) is 1.84. The molecule has 0 rings (SSSR count). The summed E-state index contributed by atoms with van der Waals surface area (Å²) in [5.41, 5.74) is 0. The van der Waals surface area contributed by atoms with E-state index in [-0.39, 0.29) is 13.2 Å². The summed E-state index contributed by atoms with van der Waals surface area (Å²) >= 11 is 0. The zero-order valence-corrected chi connectivity index (χ0v) is 10.1. The van der Waals surface area contributed by atoms with Gasteiger partial charge in [0, 0.05) is 6.42 Å². The normalized spacial score (nSPS) is 10.2. The van der Waals surface area contributed by atoms with Crippen LogP contribution in [0.15, 0.2) is 0 Å². The molecule has 0 amide bonds. The fourth-order valence-corrected chi connectivity index (χ4v) is 0.887. The maximum Gasteiger partial charge on any atom is 0.303 e. The minimum Gasteiger partial charge on any atom is -0.481 e. The number of hydrogen-bond acceptors (Lipinski definition) is 4. The van der Waals surface area contributed by atoms with Crippen molar-refractivity contribution in [3.8, 4) is 0 Å². The SMILES string of the molecule is CC(C)CCCCC(=O)O.OCC(O)CO. The Hall–Kier alpha value is -0.650. The summed E-state index contributed by atoms with van der Waals surface area (Å²) < 4.78 is 0. The van der Waals surface area contributed by atoms with E-state index in [1.54, 1.807) is 0 Å². The van der Waals surface area contributed by atoms with Crippen LogP contribution in [-0.2, 0) is 4.79 Å². The van der Waals surface area contributed by atoms with Gasteiger partial charge in [0.15, 0.2) is 0 Å². The van der Waals surface area contributed by atoms with Crippen molar-refractivity contribution in [2.75, 3.05) is 13.2 Å². The van der Waals surface area contributed by atoms with Gasteiger partial charge < -0.3 is 20.4 Å². The maximum absolute atomic E-state index is 10.0. The predicted molar refractivity (Wildman–Crippen MR) is 61.1 cm³/mol. The van der Waals surface area contributed by atoms with Crippen LogP contribution in [0.1, 0.15) is 39.5 Å². The number of rotatable bonds is 7. The predicted octanol–water partition coefficient (Wildman–Crippen LogP) is 0.619. The molecule has 0 aliphatic rings. The second-order valence-corrected chi connectivity index (χ2v) is 4.05. The molecule has 0 aliphatic heterocycles. The molecule has 5 heteroatoms. The molecule has 0 saturated carbocycles. The highest BCUT2D eigenvalue weighted by atomic mass is 16.4. The summed E-state index contributed by atoms with van der Waals surface area (Å²) in [7, 11) is 0. The Morgan fingerprint density at radius 1 is 1.12 bits per heavy atom. The van der Waals surface area contributed by atoms with Gasteiger partial charge in [0.2, 0.25) is 0 Å².